The van der Waals surface area contributed by atoms with Crippen LogP contribution in [0.1, 0.15) is 31.2 Å². The quantitative estimate of drug-likeness (QED) is 0.634. The number of hydroxylamine groups is 1. The first-order chi connectivity index (χ1) is 8.24. The molecule has 5 heteroatoms. The number of hydrogen-bond donors (Lipinski definition) is 1. The fourth-order valence-electron chi connectivity index (χ4n) is 1.88. The van der Waals surface area contributed by atoms with Crippen molar-refractivity contribution in [3.8, 4) is 0 Å². The van der Waals surface area contributed by atoms with E-state index in [1.54, 1.807) is 17.0 Å². The number of aryl methyl sites for hydroxylation is 1. The molecular weight excluding hydrogens is 218 g/mol. The average Bonchev–Trinajstić information content (AvgIpc) is 2.95. The van der Waals surface area contributed by atoms with E-state index in [9.17, 15) is 4.79 Å². The van der Waals surface area contributed by atoms with Crippen LogP contribution >= 0.6 is 0 Å². The molecule has 1 heterocycles. The second-order valence-electron chi connectivity index (χ2n) is 4.27. The minimum atomic E-state index is -0.235. The molecule has 0 spiro atoms. The van der Waals surface area contributed by atoms with Gasteiger partial charge in [0.15, 0.2) is 0 Å². The van der Waals surface area contributed by atoms with Crippen LogP contribution in [0.25, 0.3) is 6.08 Å². The summed E-state index contributed by atoms with van der Waals surface area (Å²) in [7, 11) is 1.83. The van der Waals surface area contributed by atoms with Crippen molar-refractivity contribution in [3.63, 3.8) is 0 Å². The lowest BCUT2D eigenvalue weighted by Gasteiger charge is -2.09. The Bertz CT molecular complexity index is 406. The summed E-state index contributed by atoms with van der Waals surface area (Å²) < 4.78 is 1.69. The summed E-state index contributed by atoms with van der Waals surface area (Å²) in [5, 5.41) is 4.01. The first-order valence-corrected chi connectivity index (χ1v) is 5.86. The maximum atomic E-state index is 11.4. The lowest BCUT2D eigenvalue weighted by Crippen LogP contribution is -2.26. The number of amides is 1. The van der Waals surface area contributed by atoms with Crippen LogP contribution in [-0.2, 0) is 16.7 Å². The third kappa shape index (κ3) is 3.71. The average molecular weight is 235 g/mol. The van der Waals surface area contributed by atoms with Crippen molar-refractivity contribution in [2.45, 2.75) is 31.8 Å². The third-order valence-corrected chi connectivity index (χ3v) is 2.78. The molecular formula is C12H17N3O2. The molecule has 0 aliphatic heterocycles. The van der Waals surface area contributed by atoms with Gasteiger partial charge in [-0.25, -0.2) is 5.48 Å². The van der Waals surface area contributed by atoms with E-state index in [4.69, 9.17) is 4.84 Å². The summed E-state index contributed by atoms with van der Waals surface area (Å²) in [6, 6.07) is 0. The number of rotatable bonds is 4. The Morgan fingerprint density at radius 3 is 3.00 bits per heavy atom. The van der Waals surface area contributed by atoms with Gasteiger partial charge < -0.3 is 0 Å². The van der Waals surface area contributed by atoms with E-state index in [1.807, 2.05) is 13.2 Å². The van der Waals surface area contributed by atoms with Crippen molar-refractivity contribution >= 4 is 12.0 Å². The molecule has 1 aromatic rings. The Morgan fingerprint density at radius 2 is 2.35 bits per heavy atom. The predicted molar refractivity (Wildman–Crippen MR) is 63.7 cm³/mol. The topological polar surface area (TPSA) is 56.2 Å². The molecule has 2 rings (SSSR count). The van der Waals surface area contributed by atoms with Gasteiger partial charge in [0.05, 0.1) is 12.3 Å². The highest BCUT2D eigenvalue weighted by atomic mass is 16.7. The zero-order valence-corrected chi connectivity index (χ0v) is 9.93. The SMILES string of the molecule is Cn1cc(/C=C/C(=O)NOC2CCCC2)cn1. The summed E-state index contributed by atoms with van der Waals surface area (Å²) in [6.45, 7) is 0. The lowest BCUT2D eigenvalue weighted by atomic mass is 10.3. The molecule has 0 saturated heterocycles. The number of hydrogen-bond acceptors (Lipinski definition) is 3. The van der Waals surface area contributed by atoms with E-state index in [0.29, 0.717) is 0 Å². The zero-order chi connectivity index (χ0) is 12.1. The van der Waals surface area contributed by atoms with Crippen LogP contribution in [0, 0.1) is 0 Å². The number of carbonyl (C=O) groups is 1. The monoisotopic (exact) mass is 235 g/mol. The van der Waals surface area contributed by atoms with Gasteiger partial charge in [-0.05, 0) is 18.9 Å². The lowest BCUT2D eigenvalue weighted by molar-refractivity contribution is -0.132. The molecule has 1 N–H and O–H groups in total. The Kier molecular flexibility index (Phi) is 3.93. The molecule has 1 fully saturated rings. The number of nitrogens with zero attached hydrogens (tertiary/aromatic N) is 2. The molecule has 0 radical (unpaired) electrons. The summed E-state index contributed by atoms with van der Waals surface area (Å²) in [5.41, 5.74) is 3.34. The van der Waals surface area contributed by atoms with Gasteiger partial charge in [-0.15, -0.1) is 0 Å². The van der Waals surface area contributed by atoms with E-state index in [2.05, 4.69) is 10.6 Å². The van der Waals surface area contributed by atoms with Crippen LogP contribution in [0.15, 0.2) is 18.5 Å². The molecule has 0 bridgehead atoms. The maximum absolute atomic E-state index is 11.4. The van der Waals surface area contributed by atoms with Gasteiger partial charge in [0, 0.05) is 24.9 Å². The Labute approximate surface area is 100 Å². The number of nitrogens with one attached hydrogen (secondary N) is 1. The molecule has 1 amide bonds. The van der Waals surface area contributed by atoms with Gasteiger partial charge in [0.25, 0.3) is 5.91 Å². The highest BCUT2D eigenvalue weighted by molar-refractivity contribution is 5.90. The first kappa shape index (κ1) is 11.9. The van der Waals surface area contributed by atoms with Crippen molar-refractivity contribution < 1.29 is 9.63 Å². The molecule has 17 heavy (non-hydrogen) atoms. The standard InChI is InChI=1S/C12H17N3O2/c1-15-9-10(8-13-15)6-7-12(16)14-17-11-4-2-3-5-11/h6-9,11H,2-5H2,1H3,(H,14,16)/b7-6+. The first-order valence-electron chi connectivity index (χ1n) is 5.86. The number of carbonyl (C=O) groups excluding carboxylic acids is 1. The zero-order valence-electron chi connectivity index (χ0n) is 9.93. The van der Waals surface area contributed by atoms with Gasteiger partial charge in [0.1, 0.15) is 0 Å². The van der Waals surface area contributed by atoms with Crippen molar-refractivity contribution in [2.24, 2.45) is 7.05 Å². The van der Waals surface area contributed by atoms with Gasteiger partial charge in [-0.3, -0.25) is 14.3 Å². The fourth-order valence-corrected chi connectivity index (χ4v) is 1.88. The van der Waals surface area contributed by atoms with Crippen LogP contribution in [0.5, 0.6) is 0 Å². The minimum Gasteiger partial charge on any atom is -0.275 e. The van der Waals surface area contributed by atoms with Gasteiger partial charge in [-0.2, -0.15) is 5.10 Å². The highest BCUT2D eigenvalue weighted by Crippen LogP contribution is 2.19. The third-order valence-electron chi connectivity index (χ3n) is 2.78. The number of aromatic nitrogens is 2. The van der Waals surface area contributed by atoms with E-state index >= 15 is 0 Å². The highest BCUT2D eigenvalue weighted by Gasteiger charge is 2.16. The summed E-state index contributed by atoms with van der Waals surface area (Å²) in [5.74, 6) is -0.235. The smallest absolute Gasteiger partial charge is 0.267 e. The molecule has 0 aromatic carbocycles. The van der Waals surface area contributed by atoms with Gasteiger partial charge >= 0.3 is 0 Å². The molecule has 1 saturated carbocycles. The van der Waals surface area contributed by atoms with Gasteiger partial charge in [0.2, 0.25) is 0 Å². The molecule has 1 aliphatic rings. The van der Waals surface area contributed by atoms with Crippen LogP contribution in [-0.4, -0.2) is 21.8 Å². The Hall–Kier alpha value is -1.62. The normalized spacial score (nSPS) is 16.8. The largest absolute Gasteiger partial charge is 0.275 e. The summed E-state index contributed by atoms with van der Waals surface area (Å²) >= 11 is 0. The van der Waals surface area contributed by atoms with E-state index < -0.39 is 0 Å². The van der Waals surface area contributed by atoms with Gasteiger partial charge in [-0.1, -0.05) is 12.8 Å². The molecule has 92 valence electrons. The van der Waals surface area contributed by atoms with Crippen LogP contribution in [0.3, 0.4) is 0 Å². The van der Waals surface area contributed by atoms with Crippen molar-refractivity contribution in [1.82, 2.24) is 15.3 Å². The second-order valence-corrected chi connectivity index (χ2v) is 4.27. The van der Waals surface area contributed by atoms with Crippen molar-refractivity contribution in [3.05, 3.63) is 24.0 Å². The van der Waals surface area contributed by atoms with E-state index in [1.165, 1.54) is 18.9 Å². The van der Waals surface area contributed by atoms with Crippen LogP contribution in [0.4, 0.5) is 0 Å². The van der Waals surface area contributed by atoms with E-state index in [0.717, 1.165) is 18.4 Å². The summed E-state index contributed by atoms with van der Waals surface area (Å²) in [6.07, 6.45) is 11.3. The fraction of sp³-hybridized carbons (Fsp3) is 0.500. The maximum Gasteiger partial charge on any atom is 0.267 e. The predicted octanol–water partition coefficient (Wildman–Crippen LogP) is 1.42. The Balaban J connectivity index is 1.74. The van der Waals surface area contributed by atoms with E-state index in [-0.39, 0.29) is 12.0 Å². The second kappa shape index (κ2) is 5.63. The molecule has 0 atom stereocenters. The van der Waals surface area contributed by atoms with Crippen molar-refractivity contribution in [1.29, 1.82) is 0 Å². The molecule has 1 aliphatic carbocycles. The molecule has 1 aromatic heterocycles. The van der Waals surface area contributed by atoms with Crippen molar-refractivity contribution in [2.75, 3.05) is 0 Å². The molecule has 0 unspecified atom stereocenters. The minimum absolute atomic E-state index is 0.186. The summed E-state index contributed by atoms with van der Waals surface area (Å²) in [4.78, 5) is 16.7. The van der Waals surface area contributed by atoms with Crippen LogP contribution < -0.4 is 5.48 Å². The Morgan fingerprint density at radius 1 is 1.59 bits per heavy atom. The molecule has 5 nitrogen and oxygen atoms in total. The van der Waals surface area contributed by atoms with Crippen LogP contribution in [0.2, 0.25) is 0 Å².